The van der Waals surface area contributed by atoms with Gasteiger partial charge in [0.1, 0.15) is 0 Å². The maximum absolute atomic E-state index is 12.7. The predicted octanol–water partition coefficient (Wildman–Crippen LogP) is 2.86. The number of sulfonamides is 1. The first-order valence-electron chi connectivity index (χ1n) is 8.80. The van der Waals surface area contributed by atoms with Crippen LogP contribution in [-0.2, 0) is 15.8 Å². The third-order valence-electron chi connectivity index (χ3n) is 5.02. The molecule has 2 aromatic carbocycles. The molecule has 3 rings (SSSR count). The normalized spacial score (nSPS) is 15.7. The van der Waals surface area contributed by atoms with Crippen LogP contribution in [0.4, 0.5) is 11.4 Å². The van der Waals surface area contributed by atoms with Crippen molar-refractivity contribution in [3.8, 4) is 0 Å². The van der Waals surface area contributed by atoms with E-state index in [1.54, 1.807) is 6.07 Å². The largest absolute Gasteiger partial charge is 0.369 e. The van der Waals surface area contributed by atoms with Gasteiger partial charge in [0, 0.05) is 44.0 Å². The predicted molar refractivity (Wildman–Crippen MR) is 105 cm³/mol. The molecule has 0 atom stereocenters. The number of anilines is 1. The molecule has 1 saturated heterocycles. The second-order valence-electron chi connectivity index (χ2n) is 6.79. The minimum Gasteiger partial charge on any atom is -0.369 e. The van der Waals surface area contributed by atoms with Gasteiger partial charge in [0.05, 0.1) is 10.7 Å². The van der Waals surface area contributed by atoms with Gasteiger partial charge < -0.3 is 4.90 Å². The molecule has 0 aromatic heterocycles. The molecule has 144 valence electrons. The highest BCUT2D eigenvalue weighted by atomic mass is 32.2. The first kappa shape index (κ1) is 19.3. The van der Waals surface area contributed by atoms with Gasteiger partial charge in [-0.3, -0.25) is 10.1 Å². The molecule has 0 saturated carbocycles. The van der Waals surface area contributed by atoms with E-state index in [9.17, 15) is 18.5 Å². The number of benzene rings is 2. The lowest BCUT2D eigenvalue weighted by atomic mass is 10.1. The van der Waals surface area contributed by atoms with Crippen LogP contribution >= 0.6 is 0 Å². The number of piperazine rings is 1. The van der Waals surface area contributed by atoms with E-state index < -0.39 is 14.9 Å². The van der Waals surface area contributed by atoms with Crippen molar-refractivity contribution < 1.29 is 13.3 Å². The molecule has 0 bridgehead atoms. The van der Waals surface area contributed by atoms with E-state index in [1.165, 1.54) is 33.6 Å². The Hall–Kier alpha value is -2.45. The highest BCUT2D eigenvalue weighted by molar-refractivity contribution is 7.88. The summed E-state index contributed by atoms with van der Waals surface area (Å²) in [4.78, 5) is 12.6. The molecule has 0 spiro atoms. The molecule has 1 fully saturated rings. The number of rotatable bonds is 5. The fourth-order valence-corrected chi connectivity index (χ4v) is 4.85. The molecule has 0 aliphatic carbocycles. The maximum atomic E-state index is 12.7. The summed E-state index contributed by atoms with van der Waals surface area (Å²) in [5, 5.41) is 10.9. The Kier molecular flexibility index (Phi) is 5.48. The zero-order valence-corrected chi connectivity index (χ0v) is 16.3. The molecular weight excluding hydrogens is 366 g/mol. The molecule has 0 radical (unpaired) electrons. The van der Waals surface area contributed by atoms with Gasteiger partial charge in [0.25, 0.3) is 5.69 Å². The Labute approximate surface area is 159 Å². The summed E-state index contributed by atoms with van der Waals surface area (Å²) in [5.74, 6) is -0.224. The molecule has 1 heterocycles. The SMILES string of the molecule is Cc1cccc(N2CCN(S(=O)(=O)Cc3cccc([N+](=O)[O-])c3)CC2)c1C. The zero-order valence-electron chi connectivity index (χ0n) is 15.5. The standard InChI is InChI=1S/C19H23N3O4S/c1-15-5-3-8-19(16(15)2)20-9-11-21(12-10-20)27(25,26)14-17-6-4-7-18(13-17)22(23)24/h3-8,13H,9-12,14H2,1-2H3. The van der Waals surface area contributed by atoms with E-state index in [0.717, 1.165) is 5.69 Å². The number of nitro benzene ring substituents is 1. The number of nitro groups is 1. The number of nitrogens with zero attached hydrogens (tertiary/aromatic N) is 3. The van der Waals surface area contributed by atoms with Gasteiger partial charge in [0.2, 0.25) is 10.0 Å². The number of aryl methyl sites for hydroxylation is 1. The lowest BCUT2D eigenvalue weighted by Crippen LogP contribution is -2.49. The summed E-state index contributed by atoms with van der Waals surface area (Å²) in [6.07, 6.45) is 0. The topological polar surface area (TPSA) is 83.8 Å². The Balaban J connectivity index is 1.69. The fraction of sp³-hybridized carbons (Fsp3) is 0.368. The van der Waals surface area contributed by atoms with Crippen LogP contribution in [0.5, 0.6) is 0 Å². The average molecular weight is 389 g/mol. The number of non-ortho nitro benzene ring substituents is 1. The summed E-state index contributed by atoms with van der Waals surface area (Å²) in [5.41, 5.74) is 3.91. The van der Waals surface area contributed by atoms with Crippen molar-refractivity contribution in [2.45, 2.75) is 19.6 Å². The van der Waals surface area contributed by atoms with Crippen molar-refractivity contribution in [2.75, 3.05) is 31.1 Å². The quantitative estimate of drug-likeness (QED) is 0.580. The van der Waals surface area contributed by atoms with E-state index in [4.69, 9.17) is 0 Å². The first-order valence-corrected chi connectivity index (χ1v) is 10.4. The fourth-order valence-electron chi connectivity index (χ4n) is 3.35. The Morgan fingerprint density at radius 2 is 1.70 bits per heavy atom. The number of hydrogen-bond donors (Lipinski definition) is 0. The van der Waals surface area contributed by atoms with Gasteiger partial charge in [-0.1, -0.05) is 24.3 Å². The minimum atomic E-state index is -3.52. The smallest absolute Gasteiger partial charge is 0.269 e. The summed E-state index contributed by atoms with van der Waals surface area (Å²) in [7, 11) is -3.52. The molecule has 2 aromatic rings. The van der Waals surface area contributed by atoms with Gasteiger partial charge in [-0.15, -0.1) is 0 Å². The van der Waals surface area contributed by atoms with Gasteiger partial charge >= 0.3 is 0 Å². The van der Waals surface area contributed by atoms with Gasteiger partial charge in [-0.25, -0.2) is 8.42 Å². The lowest BCUT2D eigenvalue weighted by Gasteiger charge is -2.36. The van der Waals surface area contributed by atoms with Crippen LogP contribution in [0.2, 0.25) is 0 Å². The van der Waals surface area contributed by atoms with Crippen LogP contribution in [-0.4, -0.2) is 43.8 Å². The van der Waals surface area contributed by atoms with Crippen molar-refractivity contribution in [3.05, 3.63) is 69.3 Å². The van der Waals surface area contributed by atoms with Crippen molar-refractivity contribution in [1.29, 1.82) is 0 Å². The van der Waals surface area contributed by atoms with Crippen LogP contribution in [0.3, 0.4) is 0 Å². The average Bonchev–Trinajstić information content (AvgIpc) is 2.64. The van der Waals surface area contributed by atoms with Crippen molar-refractivity contribution in [1.82, 2.24) is 4.31 Å². The van der Waals surface area contributed by atoms with E-state index in [0.29, 0.717) is 31.7 Å². The van der Waals surface area contributed by atoms with Crippen LogP contribution in [0, 0.1) is 24.0 Å². The van der Waals surface area contributed by atoms with Gasteiger partial charge in [-0.05, 0) is 36.6 Å². The second kappa shape index (κ2) is 7.66. The van der Waals surface area contributed by atoms with Gasteiger partial charge in [0.15, 0.2) is 0 Å². The Morgan fingerprint density at radius 1 is 1.04 bits per heavy atom. The maximum Gasteiger partial charge on any atom is 0.269 e. The van der Waals surface area contributed by atoms with E-state index in [-0.39, 0.29) is 11.4 Å². The minimum absolute atomic E-state index is 0.0950. The van der Waals surface area contributed by atoms with Crippen molar-refractivity contribution in [2.24, 2.45) is 0 Å². The highest BCUT2D eigenvalue weighted by Gasteiger charge is 2.28. The van der Waals surface area contributed by atoms with Crippen molar-refractivity contribution >= 4 is 21.4 Å². The summed E-state index contributed by atoms with van der Waals surface area (Å²) < 4.78 is 27.0. The molecule has 1 aliphatic rings. The van der Waals surface area contributed by atoms with E-state index in [2.05, 4.69) is 30.9 Å². The monoisotopic (exact) mass is 389 g/mol. The molecule has 0 unspecified atom stereocenters. The molecule has 0 amide bonds. The summed E-state index contributed by atoms with van der Waals surface area (Å²) >= 11 is 0. The first-order chi connectivity index (χ1) is 12.8. The van der Waals surface area contributed by atoms with Crippen LogP contribution in [0.1, 0.15) is 16.7 Å². The Bertz CT molecular complexity index is 951. The van der Waals surface area contributed by atoms with Gasteiger partial charge in [-0.2, -0.15) is 4.31 Å². The lowest BCUT2D eigenvalue weighted by molar-refractivity contribution is -0.384. The molecule has 1 aliphatic heterocycles. The zero-order chi connectivity index (χ0) is 19.6. The second-order valence-corrected chi connectivity index (χ2v) is 8.76. The van der Waals surface area contributed by atoms with Crippen LogP contribution < -0.4 is 4.90 Å². The van der Waals surface area contributed by atoms with Crippen molar-refractivity contribution in [3.63, 3.8) is 0 Å². The molecular formula is C19H23N3O4S. The third kappa shape index (κ3) is 4.28. The molecule has 27 heavy (non-hydrogen) atoms. The highest BCUT2D eigenvalue weighted by Crippen LogP contribution is 2.25. The van der Waals surface area contributed by atoms with E-state index in [1.807, 2.05) is 6.07 Å². The molecule has 0 N–H and O–H groups in total. The molecule has 7 nitrogen and oxygen atoms in total. The van der Waals surface area contributed by atoms with E-state index >= 15 is 0 Å². The Morgan fingerprint density at radius 3 is 2.37 bits per heavy atom. The number of hydrogen-bond acceptors (Lipinski definition) is 5. The van der Waals surface area contributed by atoms with Crippen LogP contribution in [0.25, 0.3) is 0 Å². The third-order valence-corrected chi connectivity index (χ3v) is 6.87. The summed E-state index contributed by atoms with van der Waals surface area (Å²) in [6, 6.07) is 12.0. The molecule has 8 heteroatoms. The summed E-state index contributed by atoms with van der Waals surface area (Å²) in [6.45, 7) is 6.21. The van der Waals surface area contributed by atoms with Crippen LogP contribution in [0.15, 0.2) is 42.5 Å².